The molecule has 9 nitrogen and oxygen atoms in total. The molecule has 2 heterocycles. The Balaban J connectivity index is 1.72. The van der Waals surface area contributed by atoms with Crippen LogP contribution in [0.25, 0.3) is 0 Å². The molecule has 0 bridgehead atoms. The van der Waals surface area contributed by atoms with Crippen LogP contribution in [0.15, 0.2) is 27.5 Å². The molecule has 26 heavy (non-hydrogen) atoms. The number of aromatic nitrogens is 2. The molecule has 1 aliphatic heterocycles. The van der Waals surface area contributed by atoms with Gasteiger partial charge in [0.1, 0.15) is 16.4 Å². The van der Waals surface area contributed by atoms with E-state index in [0.29, 0.717) is 56.0 Å². The van der Waals surface area contributed by atoms with Gasteiger partial charge in [-0.3, -0.25) is 4.90 Å². The van der Waals surface area contributed by atoms with E-state index < -0.39 is 10.0 Å². The molecule has 0 amide bonds. The molecule has 0 atom stereocenters. The fraction of sp³-hybridized carbons (Fsp3) is 0.500. The predicted octanol–water partition coefficient (Wildman–Crippen LogP) is 0.902. The highest BCUT2D eigenvalue weighted by Crippen LogP contribution is 2.31. The second-order valence-corrected chi connectivity index (χ2v) is 7.82. The highest BCUT2D eigenvalue weighted by atomic mass is 32.2. The van der Waals surface area contributed by atoms with Crippen molar-refractivity contribution >= 4 is 10.0 Å². The molecule has 0 unspecified atom stereocenters. The standard InChI is InChI=1S/C16H22N4O5S/c1-12-17-18-16(25-12)11-19-6-8-20(9-7-19)26(21,22)15-10-13(23-2)4-5-14(15)24-3/h4-5,10H,6-9,11H2,1-3H3. The first kappa shape index (κ1) is 18.6. The molecule has 1 aromatic carbocycles. The molecule has 0 spiro atoms. The second-order valence-electron chi connectivity index (χ2n) is 5.91. The maximum atomic E-state index is 13.0. The first-order valence-electron chi connectivity index (χ1n) is 8.17. The van der Waals surface area contributed by atoms with E-state index in [0.717, 1.165) is 0 Å². The first-order chi connectivity index (χ1) is 12.4. The maximum absolute atomic E-state index is 13.0. The number of ether oxygens (including phenoxy) is 2. The topological polar surface area (TPSA) is 98.0 Å². The molecule has 2 aromatic rings. The minimum atomic E-state index is -3.68. The average Bonchev–Trinajstić information content (AvgIpc) is 3.06. The Hall–Kier alpha value is -2.17. The van der Waals surface area contributed by atoms with Gasteiger partial charge in [0.25, 0.3) is 0 Å². The van der Waals surface area contributed by atoms with Gasteiger partial charge in [-0.1, -0.05) is 0 Å². The Morgan fingerprint density at radius 1 is 1.12 bits per heavy atom. The van der Waals surface area contributed by atoms with Crippen molar-refractivity contribution in [3.8, 4) is 11.5 Å². The minimum Gasteiger partial charge on any atom is -0.497 e. The molecule has 142 valence electrons. The molecule has 10 heteroatoms. The monoisotopic (exact) mass is 382 g/mol. The Kier molecular flexibility index (Phi) is 5.44. The Bertz CT molecular complexity index is 859. The fourth-order valence-corrected chi connectivity index (χ4v) is 4.44. The summed E-state index contributed by atoms with van der Waals surface area (Å²) >= 11 is 0. The van der Waals surface area contributed by atoms with E-state index in [2.05, 4.69) is 15.1 Å². The van der Waals surface area contributed by atoms with Crippen molar-refractivity contribution in [3.63, 3.8) is 0 Å². The predicted molar refractivity (Wildman–Crippen MR) is 92.6 cm³/mol. The number of benzene rings is 1. The third-order valence-electron chi connectivity index (χ3n) is 4.25. The highest BCUT2D eigenvalue weighted by Gasteiger charge is 2.31. The maximum Gasteiger partial charge on any atom is 0.246 e. The number of hydrogen-bond donors (Lipinski definition) is 0. The van der Waals surface area contributed by atoms with Crippen molar-refractivity contribution in [1.82, 2.24) is 19.4 Å². The zero-order valence-electron chi connectivity index (χ0n) is 15.0. The van der Waals surface area contributed by atoms with E-state index in [4.69, 9.17) is 13.9 Å². The van der Waals surface area contributed by atoms with Crippen LogP contribution in [-0.2, 0) is 16.6 Å². The zero-order chi connectivity index (χ0) is 18.7. The summed E-state index contributed by atoms with van der Waals surface area (Å²) in [5, 5.41) is 7.78. The number of piperazine rings is 1. The number of rotatable bonds is 6. The lowest BCUT2D eigenvalue weighted by molar-refractivity contribution is 0.167. The van der Waals surface area contributed by atoms with E-state index in [1.165, 1.54) is 24.6 Å². The smallest absolute Gasteiger partial charge is 0.246 e. The average molecular weight is 382 g/mol. The van der Waals surface area contributed by atoms with Gasteiger partial charge in [0.2, 0.25) is 21.8 Å². The number of aryl methyl sites for hydroxylation is 1. The van der Waals surface area contributed by atoms with Crippen molar-refractivity contribution in [2.45, 2.75) is 18.4 Å². The van der Waals surface area contributed by atoms with E-state index in [9.17, 15) is 8.42 Å². The largest absolute Gasteiger partial charge is 0.497 e. The van der Waals surface area contributed by atoms with Crippen LogP contribution in [-0.4, -0.2) is 68.2 Å². The van der Waals surface area contributed by atoms with E-state index >= 15 is 0 Å². The van der Waals surface area contributed by atoms with Gasteiger partial charge in [0, 0.05) is 39.2 Å². The van der Waals surface area contributed by atoms with E-state index in [1.807, 2.05) is 0 Å². The third-order valence-corrected chi connectivity index (χ3v) is 6.17. The molecule has 3 rings (SSSR count). The first-order valence-corrected chi connectivity index (χ1v) is 9.61. The SMILES string of the molecule is COc1ccc(OC)c(S(=O)(=O)N2CCN(Cc3nnc(C)o3)CC2)c1. The molecule has 0 N–H and O–H groups in total. The van der Waals surface area contributed by atoms with Crippen molar-refractivity contribution in [2.24, 2.45) is 0 Å². The van der Waals surface area contributed by atoms with E-state index in [1.54, 1.807) is 19.1 Å². The molecule has 1 aliphatic rings. The lowest BCUT2D eigenvalue weighted by atomic mass is 10.3. The quantitative estimate of drug-likeness (QED) is 0.727. The van der Waals surface area contributed by atoms with Gasteiger partial charge in [-0.05, 0) is 12.1 Å². The molecular weight excluding hydrogens is 360 g/mol. The van der Waals surface area contributed by atoms with Crippen LogP contribution in [0.5, 0.6) is 11.5 Å². The van der Waals surface area contributed by atoms with Crippen LogP contribution in [0.1, 0.15) is 11.8 Å². The van der Waals surface area contributed by atoms with Gasteiger partial charge in [0.15, 0.2) is 0 Å². The van der Waals surface area contributed by atoms with Crippen LogP contribution >= 0.6 is 0 Å². The highest BCUT2D eigenvalue weighted by molar-refractivity contribution is 7.89. The summed E-state index contributed by atoms with van der Waals surface area (Å²) in [4.78, 5) is 2.20. The molecule has 1 saturated heterocycles. The van der Waals surface area contributed by atoms with Crippen molar-refractivity contribution < 1.29 is 22.3 Å². The van der Waals surface area contributed by atoms with Gasteiger partial charge >= 0.3 is 0 Å². The summed E-state index contributed by atoms with van der Waals surface area (Å²) in [6, 6.07) is 4.75. The lowest BCUT2D eigenvalue weighted by Gasteiger charge is -2.33. The van der Waals surface area contributed by atoms with Gasteiger partial charge in [-0.25, -0.2) is 8.42 Å². The van der Waals surface area contributed by atoms with Crippen LogP contribution in [0.4, 0.5) is 0 Å². The van der Waals surface area contributed by atoms with Crippen LogP contribution in [0, 0.1) is 6.92 Å². The molecule has 0 radical (unpaired) electrons. The van der Waals surface area contributed by atoms with Crippen molar-refractivity contribution in [1.29, 1.82) is 0 Å². The molecule has 0 saturated carbocycles. The Labute approximate surface area is 152 Å². The van der Waals surface area contributed by atoms with Crippen molar-refractivity contribution in [3.05, 3.63) is 30.0 Å². The fourth-order valence-electron chi connectivity index (χ4n) is 2.85. The molecular formula is C16H22N4O5S. The lowest BCUT2D eigenvalue weighted by Crippen LogP contribution is -2.48. The summed E-state index contributed by atoms with van der Waals surface area (Å²) < 4.78 is 43.3. The molecule has 1 fully saturated rings. The Morgan fingerprint density at radius 3 is 2.42 bits per heavy atom. The van der Waals surface area contributed by atoms with Crippen molar-refractivity contribution in [2.75, 3.05) is 40.4 Å². The summed E-state index contributed by atoms with van der Waals surface area (Å²) in [5.74, 6) is 1.82. The van der Waals surface area contributed by atoms with Gasteiger partial charge < -0.3 is 13.9 Å². The molecule has 1 aromatic heterocycles. The van der Waals surface area contributed by atoms with Gasteiger partial charge in [-0.2, -0.15) is 4.31 Å². The van der Waals surface area contributed by atoms with Crippen LogP contribution in [0.3, 0.4) is 0 Å². The van der Waals surface area contributed by atoms with Crippen LogP contribution < -0.4 is 9.47 Å². The summed E-state index contributed by atoms with van der Waals surface area (Å²) in [5.41, 5.74) is 0. The number of sulfonamides is 1. The van der Waals surface area contributed by atoms with E-state index in [-0.39, 0.29) is 4.90 Å². The summed E-state index contributed by atoms with van der Waals surface area (Å²) in [6.45, 7) is 4.14. The number of hydrogen-bond acceptors (Lipinski definition) is 8. The molecule has 0 aliphatic carbocycles. The normalized spacial score (nSPS) is 16.6. The minimum absolute atomic E-state index is 0.111. The van der Waals surface area contributed by atoms with Crippen LogP contribution in [0.2, 0.25) is 0 Å². The van der Waals surface area contributed by atoms with Gasteiger partial charge in [0.05, 0.1) is 20.8 Å². The number of methoxy groups -OCH3 is 2. The third kappa shape index (κ3) is 3.81. The van der Waals surface area contributed by atoms with Gasteiger partial charge in [-0.15, -0.1) is 10.2 Å². The summed E-state index contributed by atoms with van der Waals surface area (Å²) in [6.07, 6.45) is 0. The second kappa shape index (κ2) is 7.60. The number of nitrogens with zero attached hydrogens (tertiary/aromatic N) is 4. The Morgan fingerprint density at radius 2 is 1.85 bits per heavy atom. The zero-order valence-corrected chi connectivity index (χ0v) is 15.8. The summed E-state index contributed by atoms with van der Waals surface area (Å²) in [7, 11) is -0.733.